The van der Waals surface area contributed by atoms with Crippen molar-refractivity contribution < 1.29 is 14.4 Å². The van der Waals surface area contributed by atoms with Gasteiger partial charge in [0.2, 0.25) is 11.8 Å². The standard InChI is InChI=1S/C26H34N4O3/c1-3-17-27-26(33)30(20-23-14-8-5-9-15-23)18-11-10-16-24(29-21(2)31)25(32)28-19-22-12-6-4-7-13-22/h3-9,12-15,24H,1,10-11,16-20H2,2H3,(H,27,33)(H,28,32)(H,29,31)/t24-/m0/s1. The number of unbranched alkanes of at least 4 members (excludes halogenated alkanes) is 1. The molecular formula is C26H34N4O3. The summed E-state index contributed by atoms with van der Waals surface area (Å²) >= 11 is 0. The minimum Gasteiger partial charge on any atom is -0.350 e. The summed E-state index contributed by atoms with van der Waals surface area (Å²) < 4.78 is 0. The van der Waals surface area contributed by atoms with Crippen LogP contribution in [-0.4, -0.2) is 41.9 Å². The fraction of sp³-hybridized carbons (Fsp3) is 0.346. The highest BCUT2D eigenvalue weighted by molar-refractivity contribution is 5.86. The van der Waals surface area contributed by atoms with Crippen LogP contribution in [0.3, 0.4) is 0 Å². The summed E-state index contributed by atoms with van der Waals surface area (Å²) in [6.07, 6.45) is 3.53. The van der Waals surface area contributed by atoms with E-state index in [2.05, 4.69) is 22.5 Å². The molecule has 0 spiro atoms. The molecule has 0 radical (unpaired) electrons. The lowest BCUT2D eigenvalue weighted by Crippen LogP contribution is -2.46. The third kappa shape index (κ3) is 10.0. The van der Waals surface area contributed by atoms with Gasteiger partial charge in [0.15, 0.2) is 0 Å². The fourth-order valence-electron chi connectivity index (χ4n) is 3.40. The number of benzene rings is 2. The van der Waals surface area contributed by atoms with Crippen molar-refractivity contribution in [2.75, 3.05) is 13.1 Å². The molecule has 0 heterocycles. The number of carbonyl (C=O) groups excluding carboxylic acids is 3. The molecule has 2 aromatic carbocycles. The number of carbonyl (C=O) groups is 3. The lowest BCUT2D eigenvalue weighted by Gasteiger charge is -2.24. The zero-order valence-corrected chi connectivity index (χ0v) is 19.3. The molecule has 2 aromatic rings. The van der Waals surface area contributed by atoms with Crippen LogP contribution in [0, 0.1) is 0 Å². The Morgan fingerprint density at radius 2 is 1.58 bits per heavy atom. The molecule has 7 heteroatoms. The van der Waals surface area contributed by atoms with Crippen molar-refractivity contribution in [3.8, 4) is 0 Å². The van der Waals surface area contributed by atoms with Crippen LogP contribution in [-0.2, 0) is 22.7 Å². The lowest BCUT2D eigenvalue weighted by molar-refractivity contribution is -0.128. The lowest BCUT2D eigenvalue weighted by atomic mass is 10.1. The summed E-state index contributed by atoms with van der Waals surface area (Å²) in [7, 11) is 0. The molecule has 176 valence electrons. The zero-order chi connectivity index (χ0) is 23.9. The van der Waals surface area contributed by atoms with Crippen LogP contribution >= 0.6 is 0 Å². The number of rotatable bonds is 13. The molecule has 0 aliphatic rings. The van der Waals surface area contributed by atoms with Crippen molar-refractivity contribution in [1.82, 2.24) is 20.9 Å². The molecule has 33 heavy (non-hydrogen) atoms. The second-order valence-electron chi connectivity index (χ2n) is 7.83. The predicted molar refractivity (Wildman–Crippen MR) is 130 cm³/mol. The van der Waals surface area contributed by atoms with Gasteiger partial charge in [-0.2, -0.15) is 0 Å². The quantitative estimate of drug-likeness (QED) is 0.323. The van der Waals surface area contributed by atoms with E-state index in [0.717, 1.165) is 11.1 Å². The first-order valence-corrected chi connectivity index (χ1v) is 11.3. The van der Waals surface area contributed by atoms with Gasteiger partial charge in [-0.05, 0) is 30.4 Å². The van der Waals surface area contributed by atoms with Crippen LogP contribution < -0.4 is 16.0 Å². The average Bonchev–Trinajstić information content (AvgIpc) is 2.83. The monoisotopic (exact) mass is 450 g/mol. The molecule has 0 aromatic heterocycles. The molecule has 0 aliphatic heterocycles. The highest BCUT2D eigenvalue weighted by Crippen LogP contribution is 2.09. The maximum atomic E-state index is 12.6. The Balaban J connectivity index is 1.88. The number of urea groups is 1. The van der Waals surface area contributed by atoms with Gasteiger partial charge in [0.05, 0.1) is 0 Å². The van der Waals surface area contributed by atoms with Gasteiger partial charge in [0.1, 0.15) is 6.04 Å². The smallest absolute Gasteiger partial charge is 0.317 e. The molecule has 2 rings (SSSR count). The Morgan fingerprint density at radius 1 is 0.939 bits per heavy atom. The maximum Gasteiger partial charge on any atom is 0.317 e. The molecule has 0 aliphatic carbocycles. The summed E-state index contributed by atoms with van der Waals surface area (Å²) in [5, 5.41) is 8.46. The van der Waals surface area contributed by atoms with E-state index in [1.807, 2.05) is 60.7 Å². The number of amides is 4. The third-order valence-corrected chi connectivity index (χ3v) is 5.08. The Labute approximate surface area is 196 Å². The molecule has 3 N–H and O–H groups in total. The highest BCUT2D eigenvalue weighted by Gasteiger charge is 2.19. The first-order chi connectivity index (χ1) is 16.0. The summed E-state index contributed by atoms with van der Waals surface area (Å²) in [4.78, 5) is 38.6. The van der Waals surface area contributed by atoms with Gasteiger partial charge in [0.25, 0.3) is 0 Å². The highest BCUT2D eigenvalue weighted by atomic mass is 16.2. The average molecular weight is 451 g/mol. The maximum absolute atomic E-state index is 12.6. The van der Waals surface area contributed by atoms with Crippen molar-refractivity contribution in [2.45, 2.75) is 45.3 Å². The van der Waals surface area contributed by atoms with Crippen LogP contribution in [0.5, 0.6) is 0 Å². The predicted octanol–water partition coefficient (Wildman–Crippen LogP) is 3.38. The Kier molecular flexibility index (Phi) is 11.2. The minimum atomic E-state index is -0.608. The second kappa shape index (κ2) is 14.5. The molecule has 0 fully saturated rings. The number of nitrogens with zero attached hydrogens (tertiary/aromatic N) is 1. The van der Waals surface area contributed by atoms with E-state index in [4.69, 9.17) is 0 Å². The molecule has 0 bridgehead atoms. The van der Waals surface area contributed by atoms with Crippen molar-refractivity contribution in [1.29, 1.82) is 0 Å². The van der Waals surface area contributed by atoms with E-state index in [0.29, 0.717) is 45.4 Å². The Morgan fingerprint density at radius 3 is 2.18 bits per heavy atom. The molecule has 0 saturated heterocycles. The van der Waals surface area contributed by atoms with Crippen LogP contribution in [0.25, 0.3) is 0 Å². The number of hydrogen-bond acceptors (Lipinski definition) is 3. The molecule has 1 atom stereocenters. The van der Waals surface area contributed by atoms with E-state index in [9.17, 15) is 14.4 Å². The van der Waals surface area contributed by atoms with Crippen LogP contribution in [0.15, 0.2) is 73.3 Å². The van der Waals surface area contributed by atoms with E-state index in [1.54, 1.807) is 11.0 Å². The van der Waals surface area contributed by atoms with Gasteiger partial charge in [0, 0.05) is 33.1 Å². The van der Waals surface area contributed by atoms with Gasteiger partial charge in [-0.1, -0.05) is 66.7 Å². The van der Waals surface area contributed by atoms with Crippen molar-refractivity contribution >= 4 is 17.8 Å². The van der Waals surface area contributed by atoms with Crippen LogP contribution in [0.1, 0.15) is 37.3 Å². The van der Waals surface area contributed by atoms with Gasteiger partial charge in [-0.15, -0.1) is 6.58 Å². The van der Waals surface area contributed by atoms with E-state index < -0.39 is 6.04 Å². The normalized spacial score (nSPS) is 11.2. The van der Waals surface area contributed by atoms with Gasteiger partial charge >= 0.3 is 6.03 Å². The molecule has 0 unspecified atom stereocenters. The summed E-state index contributed by atoms with van der Waals surface area (Å²) in [5.41, 5.74) is 2.04. The van der Waals surface area contributed by atoms with Crippen molar-refractivity contribution in [2.24, 2.45) is 0 Å². The molecule has 0 saturated carbocycles. The van der Waals surface area contributed by atoms with Crippen molar-refractivity contribution in [3.05, 3.63) is 84.4 Å². The number of nitrogens with one attached hydrogen (secondary N) is 3. The summed E-state index contributed by atoms with van der Waals surface area (Å²) in [5.74, 6) is -0.455. The van der Waals surface area contributed by atoms with Crippen LogP contribution in [0.4, 0.5) is 4.79 Å². The van der Waals surface area contributed by atoms with Gasteiger partial charge in [-0.3, -0.25) is 9.59 Å². The third-order valence-electron chi connectivity index (χ3n) is 5.08. The van der Waals surface area contributed by atoms with E-state index >= 15 is 0 Å². The van der Waals surface area contributed by atoms with E-state index in [1.165, 1.54) is 6.92 Å². The number of hydrogen-bond donors (Lipinski definition) is 3. The Hall–Kier alpha value is -3.61. The topological polar surface area (TPSA) is 90.5 Å². The molecule has 7 nitrogen and oxygen atoms in total. The minimum absolute atomic E-state index is 0.155. The molecular weight excluding hydrogens is 416 g/mol. The Bertz CT molecular complexity index is 887. The van der Waals surface area contributed by atoms with Gasteiger partial charge < -0.3 is 20.9 Å². The first kappa shape index (κ1) is 25.6. The van der Waals surface area contributed by atoms with Crippen molar-refractivity contribution in [3.63, 3.8) is 0 Å². The largest absolute Gasteiger partial charge is 0.350 e. The fourth-order valence-corrected chi connectivity index (χ4v) is 3.40. The second-order valence-corrected chi connectivity index (χ2v) is 7.83. The van der Waals surface area contributed by atoms with Crippen LogP contribution in [0.2, 0.25) is 0 Å². The SMILES string of the molecule is C=CCNC(=O)N(CCCC[C@H](NC(C)=O)C(=O)NCc1ccccc1)Cc1ccccc1. The van der Waals surface area contributed by atoms with Gasteiger partial charge in [-0.25, -0.2) is 4.79 Å². The summed E-state index contributed by atoms with van der Waals surface area (Å²) in [6.45, 7) is 6.89. The van der Waals surface area contributed by atoms with E-state index in [-0.39, 0.29) is 17.8 Å². The first-order valence-electron chi connectivity index (χ1n) is 11.3. The summed E-state index contributed by atoms with van der Waals surface area (Å²) in [6, 6.07) is 18.7. The molecule has 4 amide bonds. The zero-order valence-electron chi connectivity index (χ0n) is 19.3.